The van der Waals surface area contributed by atoms with Crippen LogP contribution in [0.1, 0.15) is 4.88 Å². The lowest BCUT2D eigenvalue weighted by Crippen LogP contribution is -2.15. The number of aryl methyl sites for hydroxylation is 1. The number of hydrogen-bond donors (Lipinski definition) is 2. The third-order valence-electron chi connectivity index (χ3n) is 2.90. The maximum atomic E-state index is 11.8. The molecule has 22 heavy (non-hydrogen) atoms. The van der Waals surface area contributed by atoms with E-state index in [2.05, 4.69) is 10.3 Å². The predicted molar refractivity (Wildman–Crippen MR) is 93.8 cm³/mol. The number of ether oxygens (including phenoxy) is 1. The Morgan fingerprint density at radius 2 is 2.14 bits per heavy atom. The molecule has 3 N–H and O–H groups in total. The Labute approximate surface area is 138 Å². The number of nitrogens with zero attached hydrogens (tertiary/aromatic N) is 1. The summed E-state index contributed by atoms with van der Waals surface area (Å²) in [6.07, 6.45) is 0. The fraction of sp³-hybridized carbons (Fsp3) is 0.333. The number of aromatic nitrogens is 1. The summed E-state index contributed by atoms with van der Waals surface area (Å²) in [5, 5.41) is 3.46. The van der Waals surface area contributed by atoms with E-state index in [-0.39, 0.29) is 5.91 Å². The predicted octanol–water partition coefficient (Wildman–Crippen LogP) is 2.76. The van der Waals surface area contributed by atoms with Crippen LogP contribution in [0.4, 0.5) is 5.13 Å². The number of carbonyl (C=O) groups is 1. The van der Waals surface area contributed by atoms with Crippen LogP contribution >= 0.6 is 23.1 Å². The molecule has 0 unspecified atom stereocenters. The van der Waals surface area contributed by atoms with Crippen LogP contribution < -0.4 is 15.8 Å². The van der Waals surface area contributed by atoms with Gasteiger partial charge in [-0.25, -0.2) is 4.98 Å². The maximum Gasteiger partial charge on any atom is 0.236 e. The van der Waals surface area contributed by atoms with Crippen LogP contribution in [-0.2, 0) is 4.79 Å². The van der Waals surface area contributed by atoms with Crippen molar-refractivity contribution >= 4 is 34.1 Å². The van der Waals surface area contributed by atoms with Crippen LogP contribution in [0.25, 0.3) is 11.3 Å². The van der Waals surface area contributed by atoms with Crippen molar-refractivity contribution in [1.82, 2.24) is 4.98 Å². The van der Waals surface area contributed by atoms with Crippen molar-refractivity contribution in [1.29, 1.82) is 0 Å². The minimum atomic E-state index is -0.0477. The van der Waals surface area contributed by atoms with Gasteiger partial charge in [0.15, 0.2) is 5.13 Å². The van der Waals surface area contributed by atoms with Crippen molar-refractivity contribution < 1.29 is 9.53 Å². The molecule has 2 aromatic rings. The first kappa shape index (κ1) is 16.8. The van der Waals surface area contributed by atoms with Crippen molar-refractivity contribution in [2.75, 3.05) is 30.5 Å². The Balaban J connectivity index is 2.05. The molecule has 0 atom stereocenters. The van der Waals surface area contributed by atoms with Crippen molar-refractivity contribution in [3.63, 3.8) is 0 Å². The summed E-state index contributed by atoms with van der Waals surface area (Å²) in [5.74, 6) is 1.94. The lowest BCUT2D eigenvalue weighted by Gasteiger charge is -2.02. The molecule has 1 heterocycles. The number of anilines is 1. The van der Waals surface area contributed by atoms with Gasteiger partial charge in [-0.05, 0) is 31.2 Å². The summed E-state index contributed by atoms with van der Waals surface area (Å²) >= 11 is 3.00. The van der Waals surface area contributed by atoms with Gasteiger partial charge in [-0.2, -0.15) is 11.8 Å². The SMILES string of the molecule is COc1ccc(-c2nc(NC(=O)CSCCN)sc2C)cc1. The number of carbonyl (C=O) groups excluding carboxylic acids is 1. The van der Waals surface area contributed by atoms with E-state index in [1.54, 1.807) is 7.11 Å². The number of thiazole rings is 1. The van der Waals surface area contributed by atoms with Crippen LogP contribution in [-0.4, -0.2) is 36.1 Å². The highest BCUT2D eigenvalue weighted by molar-refractivity contribution is 7.99. The van der Waals surface area contributed by atoms with Crippen LogP contribution in [0.15, 0.2) is 24.3 Å². The number of benzene rings is 1. The molecule has 7 heteroatoms. The lowest BCUT2D eigenvalue weighted by atomic mass is 10.1. The number of nitrogens with one attached hydrogen (secondary N) is 1. The largest absolute Gasteiger partial charge is 0.497 e. The smallest absolute Gasteiger partial charge is 0.236 e. The van der Waals surface area contributed by atoms with Gasteiger partial charge >= 0.3 is 0 Å². The average Bonchev–Trinajstić information content (AvgIpc) is 2.88. The third-order valence-corrected chi connectivity index (χ3v) is 4.78. The minimum Gasteiger partial charge on any atom is -0.497 e. The second-order valence-corrected chi connectivity index (χ2v) is 6.85. The highest BCUT2D eigenvalue weighted by Crippen LogP contribution is 2.31. The summed E-state index contributed by atoms with van der Waals surface area (Å²) in [6.45, 7) is 2.58. The van der Waals surface area contributed by atoms with Gasteiger partial charge in [0.2, 0.25) is 5.91 Å². The van der Waals surface area contributed by atoms with Gasteiger partial charge in [0.1, 0.15) is 5.75 Å². The van der Waals surface area contributed by atoms with Gasteiger partial charge < -0.3 is 15.8 Å². The van der Waals surface area contributed by atoms with Gasteiger partial charge in [-0.3, -0.25) is 4.79 Å². The molecule has 0 bridgehead atoms. The fourth-order valence-electron chi connectivity index (χ4n) is 1.87. The van der Waals surface area contributed by atoms with Crippen LogP contribution in [0.5, 0.6) is 5.75 Å². The second-order valence-electron chi connectivity index (χ2n) is 4.54. The normalized spacial score (nSPS) is 10.5. The summed E-state index contributed by atoms with van der Waals surface area (Å²) in [4.78, 5) is 17.4. The van der Waals surface area contributed by atoms with Crippen molar-refractivity contribution in [3.8, 4) is 17.0 Å². The Morgan fingerprint density at radius 1 is 1.41 bits per heavy atom. The molecule has 0 saturated carbocycles. The lowest BCUT2D eigenvalue weighted by molar-refractivity contribution is -0.113. The van der Waals surface area contributed by atoms with E-state index in [4.69, 9.17) is 10.5 Å². The summed E-state index contributed by atoms with van der Waals surface area (Å²) in [6, 6.07) is 7.72. The molecular formula is C15H19N3O2S2. The summed E-state index contributed by atoms with van der Waals surface area (Å²) < 4.78 is 5.15. The molecule has 0 aliphatic carbocycles. The zero-order chi connectivity index (χ0) is 15.9. The zero-order valence-corrected chi connectivity index (χ0v) is 14.2. The first-order valence-corrected chi connectivity index (χ1v) is 8.80. The molecule has 1 aromatic carbocycles. The Hall–Kier alpha value is -1.57. The topological polar surface area (TPSA) is 77.2 Å². The van der Waals surface area contributed by atoms with Gasteiger partial charge in [0, 0.05) is 22.7 Å². The molecule has 0 radical (unpaired) electrons. The van der Waals surface area contributed by atoms with Crippen LogP contribution in [0.3, 0.4) is 0 Å². The molecule has 0 aliphatic rings. The molecule has 0 saturated heterocycles. The molecule has 118 valence electrons. The molecule has 0 spiro atoms. The number of rotatable bonds is 7. The molecule has 2 rings (SSSR count). The van der Waals surface area contributed by atoms with Gasteiger partial charge in [0.05, 0.1) is 18.6 Å². The molecule has 1 aromatic heterocycles. The second kappa shape index (κ2) is 8.17. The number of thioether (sulfide) groups is 1. The number of hydrogen-bond acceptors (Lipinski definition) is 6. The number of amides is 1. The first-order valence-electron chi connectivity index (χ1n) is 6.83. The monoisotopic (exact) mass is 337 g/mol. The minimum absolute atomic E-state index is 0.0477. The Kier molecular flexibility index (Phi) is 6.23. The number of methoxy groups -OCH3 is 1. The molecule has 1 amide bonds. The van der Waals surface area contributed by atoms with E-state index >= 15 is 0 Å². The van der Waals surface area contributed by atoms with E-state index < -0.39 is 0 Å². The van der Waals surface area contributed by atoms with Gasteiger partial charge in [0.25, 0.3) is 0 Å². The van der Waals surface area contributed by atoms with E-state index in [1.165, 1.54) is 23.1 Å². The standard InChI is InChI=1S/C15H19N3O2S2/c1-10-14(11-3-5-12(20-2)6-4-11)18-15(22-10)17-13(19)9-21-8-7-16/h3-6H,7-9,16H2,1-2H3,(H,17,18,19). The maximum absolute atomic E-state index is 11.8. The van der Waals surface area contributed by atoms with E-state index in [0.717, 1.165) is 27.6 Å². The third kappa shape index (κ3) is 4.46. The van der Waals surface area contributed by atoms with E-state index in [9.17, 15) is 4.79 Å². The molecule has 0 aliphatic heterocycles. The van der Waals surface area contributed by atoms with Crippen molar-refractivity contribution in [3.05, 3.63) is 29.1 Å². The van der Waals surface area contributed by atoms with Crippen molar-refractivity contribution in [2.45, 2.75) is 6.92 Å². The highest BCUT2D eigenvalue weighted by atomic mass is 32.2. The Morgan fingerprint density at radius 3 is 2.77 bits per heavy atom. The average molecular weight is 337 g/mol. The quantitative estimate of drug-likeness (QED) is 0.760. The first-order chi connectivity index (χ1) is 10.6. The zero-order valence-electron chi connectivity index (χ0n) is 12.6. The summed E-state index contributed by atoms with van der Waals surface area (Å²) in [7, 11) is 1.64. The van der Waals surface area contributed by atoms with E-state index in [1.807, 2.05) is 31.2 Å². The molecule has 0 fully saturated rings. The van der Waals surface area contributed by atoms with Crippen molar-refractivity contribution in [2.24, 2.45) is 5.73 Å². The van der Waals surface area contributed by atoms with Crippen LogP contribution in [0.2, 0.25) is 0 Å². The Bertz CT molecular complexity index is 626. The fourth-order valence-corrected chi connectivity index (χ4v) is 3.29. The van der Waals surface area contributed by atoms with Crippen LogP contribution in [0, 0.1) is 6.92 Å². The number of nitrogens with two attached hydrogens (primary N) is 1. The van der Waals surface area contributed by atoms with E-state index in [0.29, 0.717) is 17.4 Å². The van der Waals surface area contributed by atoms with Gasteiger partial charge in [-0.1, -0.05) is 0 Å². The highest BCUT2D eigenvalue weighted by Gasteiger charge is 2.12. The molecular weight excluding hydrogens is 318 g/mol. The van der Waals surface area contributed by atoms with Gasteiger partial charge in [-0.15, -0.1) is 11.3 Å². The summed E-state index contributed by atoms with van der Waals surface area (Å²) in [5.41, 5.74) is 7.30. The molecule has 5 nitrogen and oxygen atoms in total.